The number of halogens is 2. The quantitative estimate of drug-likeness (QED) is 0.215. The van der Waals surface area contributed by atoms with E-state index in [1.165, 1.54) is 6.92 Å². The van der Waals surface area contributed by atoms with Crippen LogP contribution in [0.2, 0.25) is 0 Å². The molecule has 0 fully saturated rings. The molecule has 1 atom stereocenters. The monoisotopic (exact) mass is 433 g/mol. The fourth-order valence-electron chi connectivity index (χ4n) is 1.44. The molecule has 2 N–H and O–H groups in total. The Morgan fingerprint density at radius 1 is 1.11 bits per heavy atom. The molecular formula is C15H25F2NO9S. The van der Waals surface area contributed by atoms with Crippen LogP contribution >= 0.6 is 0 Å². The van der Waals surface area contributed by atoms with Crippen LogP contribution in [-0.4, -0.2) is 61.1 Å². The van der Waals surface area contributed by atoms with Gasteiger partial charge in [0.05, 0.1) is 13.2 Å². The molecule has 0 aromatic carbocycles. The first-order chi connectivity index (χ1) is 12.6. The first kappa shape index (κ1) is 26.0. The predicted octanol–water partition coefficient (Wildman–Crippen LogP) is 1.64. The largest absolute Gasteiger partial charge is 0.465 e. The summed E-state index contributed by atoms with van der Waals surface area (Å²) in [7, 11) is -5.92. The van der Waals surface area contributed by atoms with Gasteiger partial charge in [-0.25, -0.2) is 14.4 Å². The van der Waals surface area contributed by atoms with Crippen molar-refractivity contribution in [3.63, 3.8) is 0 Å². The molecular weight excluding hydrogens is 408 g/mol. The number of hydrogen-bond acceptors (Lipinski definition) is 8. The first-order valence-corrected chi connectivity index (χ1v) is 9.76. The third-order valence-electron chi connectivity index (χ3n) is 3.49. The van der Waals surface area contributed by atoms with E-state index in [-0.39, 0.29) is 19.4 Å². The van der Waals surface area contributed by atoms with Gasteiger partial charge in [-0.2, -0.15) is 17.2 Å². The van der Waals surface area contributed by atoms with Gasteiger partial charge in [-0.1, -0.05) is 6.92 Å². The van der Waals surface area contributed by atoms with Crippen molar-refractivity contribution in [1.29, 1.82) is 0 Å². The summed E-state index contributed by atoms with van der Waals surface area (Å²) in [5.74, 6) is -3.17. The number of amides is 1. The van der Waals surface area contributed by atoms with Gasteiger partial charge in [-0.15, -0.1) is 0 Å². The number of unbranched alkanes of at least 4 members (excludes halogenated alkanes) is 1. The highest BCUT2D eigenvalue weighted by Crippen LogP contribution is 2.22. The van der Waals surface area contributed by atoms with E-state index in [2.05, 4.69) is 10.1 Å². The molecule has 0 aliphatic heterocycles. The standard InChI is InChI=1S/C15H25F2NO9S/c1-5-14(3,4)27-13(21)18-10(2)11(19)25-8-6-7-9-26-12(20)15(16,17)28(22,23)24/h10H,5-9H2,1-4H3,(H,18,21)(H,22,23,24). The second kappa shape index (κ2) is 10.5. The predicted molar refractivity (Wildman–Crippen MR) is 91.1 cm³/mol. The molecule has 0 saturated carbocycles. The van der Waals surface area contributed by atoms with Gasteiger partial charge in [0.25, 0.3) is 0 Å². The van der Waals surface area contributed by atoms with Crippen molar-refractivity contribution in [2.24, 2.45) is 0 Å². The summed E-state index contributed by atoms with van der Waals surface area (Å²) < 4.78 is 68.7. The van der Waals surface area contributed by atoms with Crippen LogP contribution in [0.4, 0.5) is 13.6 Å². The lowest BCUT2D eigenvalue weighted by Gasteiger charge is -2.24. The fourth-order valence-corrected chi connectivity index (χ4v) is 1.71. The van der Waals surface area contributed by atoms with Crippen LogP contribution in [0.15, 0.2) is 0 Å². The Morgan fingerprint density at radius 2 is 1.61 bits per heavy atom. The lowest BCUT2D eigenvalue weighted by Crippen LogP contribution is -2.43. The fraction of sp³-hybridized carbons (Fsp3) is 0.800. The molecule has 28 heavy (non-hydrogen) atoms. The van der Waals surface area contributed by atoms with Crippen LogP contribution in [0.25, 0.3) is 0 Å². The van der Waals surface area contributed by atoms with Crippen LogP contribution in [0.3, 0.4) is 0 Å². The topological polar surface area (TPSA) is 145 Å². The van der Waals surface area contributed by atoms with Crippen molar-refractivity contribution in [1.82, 2.24) is 5.32 Å². The Hall–Kier alpha value is -2.02. The second-order valence-electron chi connectivity index (χ2n) is 6.37. The van der Waals surface area contributed by atoms with Crippen LogP contribution in [0.1, 0.15) is 47.0 Å². The molecule has 0 bridgehead atoms. The minimum atomic E-state index is -5.92. The zero-order valence-corrected chi connectivity index (χ0v) is 16.8. The van der Waals surface area contributed by atoms with E-state index in [1.54, 1.807) is 13.8 Å². The molecule has 0 rings (SSSR count). The summed E-state index contributed by atoms with van der Waals surface area (Å²) >= 11 is 0. The molecule has 164 valence electrons. The van der Waals surface area contributed by atoms with Gasteiger partial charge in [0.15, 0.2) is 0 Å². The van der Waals surface area contributed by atoms with E-state index in [9.17, 15) is 31.6 Å². The van der Waals surface area contributed by atoms with Gasteiger partial charge in [0.2, 0.25) is 0 Å². The molecule has 13 heteroatoms. The third-order valence-corrected chi connectivity index (χ3v) is 4.30. The molecule has 0 aromatic rings. The highest BCUT2D eigenvalue weighted by atomic mass is 32.2. The maximum Gasteiger partial charge on any atom is 0.465 e. The van der Waals surface area contributed by atoms with Gasteiger partial charge in [-0.3, -0.25) is 4.55 Å². The van der Waals surface area contributed by atoms with E-state index in [1.807, 2.05) is 6.92 Å². The van der Waals surface area contributed by atoms with Crippen molar-refractivity contribution >= 4 is 28.1 Å². The highest BCUT2D eigenvalue weighted by Gasteiger charge is 2.54. The minimum Gasteiger partial charge on any atom is -0.464 e. The van der Waals surface area contributed by atoms with E-state index < -0.39 is 51.7 Å². The molecule has 0 spiro atoms. The Balaban J connectivity index is 4.11. The maximum atomic E-state index is 12.9. The molecule has 1 amide bonds. The zero-order chi connectivity index (χ0) is 22.2. The number of carbonyl (C=O) groups is 3. The third kappa shape index (κ3) is 8.78. The number of ether oxygens (including phenoxy) is 3. The Bertz CT molecular complexity index is 664. The molecule has 10 nitrogen and oxygen atoms in total. The Kier molecular flexibility index (Phi) is 9.75. The number of nitrogens with one attached hydrogen (secondary N) is 1. The van der Waals surface area contributed by atoms with Crippen LogP contribution in [0, 0.1) is 0 Å². The number of hydrogen-bond donors (Lipinski definition) is 2. The van der Waals surface area contributed by atoms with Crippen molar-refractivity contribution < 1.29 is 50.3 Å². The Labute approximate surface area is 161 Å². The summed E-state index contributed by atoms with van der Waals surface area (Å²) in [5, 5.41) is -2.76. The maximum absolute atomic E-state index is 12.9. The second-order valence-corrected chi connectivity index (χ2v) is 7.83. The van der Waals surface area contributed by atoms with Gasteiger partial charge >= 0.3 is 33.4 Å². The summed E-state index contributed by atoms with van der Waals surface area (Å²) in [5.41, 5.74) is -0.697. The first-order valence-electron chi connectivity index (χ1n) is 8.32. The minimum absolute atomic E-state index is 0.0187. The Morgan fingerprint density at radius 3 is 2.07 bits per heavy atom. The van der Waals surface area contributed by atoms with Gasteiger partial charge in [-0.05, 0) is 40.0 Å². The molecule has 0 heterocycles. The summed E-state index contributed by atoms with van der Waals surface area (Å²) in [6.07, 6.45) is -0.131. The SMILES string of the molecule is CCC(C)(C)OC(=O)NC(C)C(=O)OCCCCOC(=O)C(F)(F)S(=O)(=O)O. The molecule has 0 aromatic heterocycles. The van der Waals surface area contributed by atoms with Gasteiger partial charge in [0.1, 0.15) is 11.6 Å². The summed E-state index contributed by atoms with van der Waals surface area (Å²) in [6.45, 7) is 5.87. The number of alkyl carbamates (subject to hydrolysis) is 1. The van der Waals surface area contributed by atoms with E-state index in [0.717, 1.165) is 0 Å². The van der Waals surface area contributed by atoms with E-state index in [0.29, 0.717) is 6.42 Å². The van der Waals surface area contributed by atoms with Gasteiger partial charge < -0.3 is 19.5 Å². The van der Waals surface area contributed by atoms with Crippen LogP contribution in [0.5, 0.6) is 0 Å². The lowest BCUT2D eigenvalue weighted by molar-refractivity contribution is -0.161. The van der Waals surface area contributed by atoms with E-state index in [4.69, 9.17) is 14.0 Å². The van der Waals surface area contributed by atoms with Crippen molar-refractivity contribution in [2.75, 3.05) is 13.2 Å². The van der Waals surface area contributed by atoms with E-state index >= 15 is 0 Å². The van der Waals surface area contributed by atoms with Crippen LogP contribution in [-0.2, 0) is 33.9 Å². The number of carbonyl (C=O) groups excluding carboxylic acids is 3. The number of alkyl halides is 2. The molecule has 0 radical (unpaired) electrons. The summed E-state index contributed by atoms with van der Waals surface area (Å²) in [4.78, 5) is 34.3. The van der Waals surface area contributed by atoms with Crippen molar-refractivity contribution in [2.45, 2.75) is 63.9 Å². The molecule has 0 saturated heterocycles. The molecule has 0 aliphatic carbocycles. The van der Waals surface area contributed by atoms with Crippen molar-refractivity contribution in [3.05, 3.63) is 0 Å². The number of rotatable bonds is 11. The average molecular weight is 433 g/mol. The molecule has 0 aliphatic rings. The zero-order valence-electron chi connectivity index (χ0n) is 16.0. The normalized spacial score (nSPS) is 13.4. The van der Waals surface area contributed by atoms with Gasteiger partial charge in [0, 0.05) is 0 Å². The van der Waals surface area contributed by atoms with Crippen molar-refractivity contribution in [3.8, 4) is 0 Å². The molecule has 1 unspecified atom stereocenters. The highest BCUT2D eigenvalue weighted by molar-refractivity contribution is 7.87. The lowest BCUT2D eigenvalue weighted by atomic mass is 10.1. The average Bonchev–Trinajstić information content (AvgIpc) is 2.55. The number of esters is 2. The van der Waals surface area contributed by atoms with Crippen LogP contribution < -0.4 is 5.32 Å². The summed E-state index contributed by atoms with van der Waals surface area (Å²) in [6, 6.07) is -0.994. The smallest absolute Gasteiger partial charge is 0.464 e.